The Morgan fingerprint density at radius 3 is 2.73 bits per heavy atom. The molecule has 0 fully saturated rings. The number of rotatable bonds is 6. The fourth-order valence-electron chi connectivity index (χ4n) is 4.20. The smallest absolute Gasteiger partial charge is 0.196 e. The lowest BCUT2D eigenvalue weighted by atomic mass is 10.1. The van der Waals surface area contributed by atoms with Gasteiger partial charge in [-0.25, -0.2) is 15.3 Å². The van der Waals surface area contributed by atoms with Gasteiger partial charge < -0.3 is 0 Å². The molecule has 4 aromatic heterocycles. The molecule has 1 unspecified atom stereocenters. The zero-order valence-electron chi connectivity index (χ0n) is 18.0. The van der Waals surface area contributed by atoms with E-state index < -0.39 is 5.72 Å². The van der Waals surface area contributed by atoms with Crippen molar-refractivity contribution < 1.29 is 4.84 Å². The van der Waals surface area contributed by atoms with Gasteiger partial charge in [0, 0.05) is 52.3 Å². The van der Waals surface area contributed by atoms with Crippen LogP contribution < -0.4 is 5.48 Å². The Hall–Kier alpha value is -3.56. The Morgan fingerprint density at radius 1 is 0.970 bits per heavy atom. The van der Waals surface area contributed by atoms with Crippen LogP contribution in [0.5, 0.6) is 0 Å². The number of nitrogens with one attached hydrogen (secondary N) is 1. The summed E-state index contributed by atoms with van der Waals surface area (Å²) >= 11 is 1.70. The first-order valence-corrected chi connectivity index (χ1v) is 11.8. The minimum Gasteiger partial charge on any atom is -0.269 e. The second kappa shape index (κ2) is 8.09. The van der Waals surface area contributed by atoms with Gasteiger partial charge in [0.25, 0.3) is 0 Å². The Bertz CT molecular complexity index is 1500. The van der Waals surface area contributed by atoms with Crippen molar-refractivity contribution >= 4 is 44.9 Å². The maximum atomic E-state index is 5.80. The molecule has 0 saturated carbocycles. The SMILES string of the molecule is CC1(CCCSc2nnc3c4ccncc4c4ccccc4n23)N=C(c2ccncc2)NO1. The number of nitrogens with zero attached hydrogens (tertiary/aromatic N) is 6. The molecule has 33 heavy (non-hydrogen) atoms. The molecule has 5 heterocycles. The molecule has 0 saturated heterocycles. The highest BCUT2D eigenvalue weighted by atomic mass is 32.2. The molecular weight excluding hydrogens is 434 g/mol. The van der Waals surface area contributed by atoms with Crippen molar-refractivity contribution in [3.63, 3.8) is 0 Å². The van der Waals surface area contributed by atoms with E-state index in [-0.39, 0.29) is 0 Å². The van der Waals surface area contributed by atoms with E-state index in [1.54, 1.807) is 30.4 Å². The van der Waals surface area contributed by atoms with Crippen molar-refractivity contribution in [2.45, 2.75) is 30.6 Å². The molecule has 5 aromatic rings. The van der Waals surface area contributed by atoms with Gasteiger partial charge >= 0.3 is 0 Å². The zero-order valence-corrected chi connectivity index (χ0v) is 18.8. The third-order valence-electron chi connectivity index (χ3n) is 5.82. The fourth-order valence-corrected chi connectivity index (χ4v) is 5.08. The molecule has 9 heteroatoms. The maximum Gasteiger partial charge on any atom is 0.196 e. The molecule has 1 aliphatic rings. The fraction of sp³-hybridized carbons (Fsp3) is 0.208. The molecule has 0 bridgehead atoms. The van der Waals surface area contributed by atoms with Crippen LogP contribution in [0, 0.1) is 0 Å². The Labute approximate surface area is 194 Å². The molecule has 1 N–H and O–H groups in total. The second-order valence-corrected chi connectivity index (χ2v) is 9.17. The van der Waals surface area contributed by atoms with Crippen LogP contribution >= 0.6 is 11.8 Å². The van der Waals surface area contributed by atoms with Gasteiger partial charge in [-0.1, -0.05) is 30.0 Å². The van der Waals surface area contributed by atoms with Crippen LogP contribution in [0.2, 0.25) is 0 Å². The Morgan fingerprint density at radius 2 is 1.82 bits per heavy atom. The first-order chi connectivity index (χ1) is 16.2. The van der Waals surface area contributed by atoms with E-state index in [0.717, 1.165) is 62.5 Å². The van der Waals surface area contributed by atoms with E-state index in [2.05, 4.69) is 48.2 Å². The summed E-state index contributed by atoms with van der Waals surface area (Å²) in [5.41, 5.74) is 5.28. The number of pyridine rings is 3. The predicted molar refractivity (Wildman–Crippen MR) is 129 cm³/mol. The number of hydrogen-bond donors (Lipinski definition) is 1. The largest absolute Gasteiger partial charge is 0.269 e. The van der Waals surface area contributed by atoms with Gasteiger partial charge in [-0.05, 0) is 44.0 Å². The quantitative estimate of drug-likeness (QED) is 0.231. The van der Waals surface area contributed by atoms with E-state index >= 15 is 0 Å². The number of amidine groups is 1. The molecule has 6 rings (SSSR count). The van der Waals surface area contributed by atoms with Crippen LogP contribution in [0.1, 0.15) is 25.3 Å². The molecule has 164 valence electrons. The standard InChI is InChI=1S/C24H21N7OS/c1-24(27-21(30-32-24)16-7-11-25-12-8-16)10-4-14-33-23-29-28-22-18-9-13-26-15-19(18)17-5-2-3-6-20(17)31(22)23/h2-3,5-9,11-13,15H,4,10,14H2,1H3,(H,27,30). The summed E-state index contributed by atoms with van der Waals surface area (Å²) in [6, 6.07) is 14.2. The van der Waals surface area contributed by atoms with Crippen molar-refractivity contribution in [3.05, 3.63) is 72.8 Å². The van der Waals surface area contributed by atoms with Crippen LogP contribution in [0.3, 0.4) is 0 Å². The van der Waals surface area contributed by atoms with Gasteiger partial charge in [-0.3, -0.25) is 14.4 Å². The van der Waals surface area contributed by atoms with E-state index in [0.29, 0.717) is 0 Å². The number of aliphatic imine (C=N–C) groups is 1. The summed E-state index contributed by atoms with van der Waals surface area (Å²) in [5.74, 6) is 1.62. The van der Waals surface area contributed by atoms with Gasteiger partial charge in [0.15, 0.2) is 22.4 Å². The topological polar surface area (TPSA) is 89.6 Å². The van der Waals surface area contributed by atoms with E-state index in [4.69, 9.17) is 9.83 Å². The second-order valence-electron chi connectivity index (χ2n) is 8.11. The van der Waals surface area contributed by atoms with Crippen LogP contribution in [0.4, 0.5) is 0 Å². The molecule has 8 nitrogen and oxygen atoms in total. The molecular formula is C24H21N7OS. The number of aromatic nitrogens is 5. The lowest BCUT2D eigenvalue weighted by Gasteiger charge is -2.17. The number of hydrogen-bond acceptors (Lipinski definition) is 8. The minimum absolute atomic E-state index is 0.595. The maximum absolute atomic E-state index is 5.80. The normalized spacial score (nSPS) is 18.2. The number of hydroxylamine groups is 1. The molecule has 0 spiro atoms. The first-order valence-electron chi connectivity index (χ1n) is 10.8. The number of para-hydroxylation sites is 1. The first kappa shape index (κ1) is 20.1. The third-order valence-corrected chi connectivity index (χ3v) is 6.83. The van der Waals surface area contributed by atoms with Crippen molar-refractivity contribution in [2.75, 3.05) is 5.75 Å². The highest BCUT2D eigenvalue weighted by Gasteiger charge is 2.31. The summed E-state index contributed by atoms with van der Waals surface area (Å²) < 4.78 is 2.15. The molecule has 0 amide bonds. The number of benzene rings is 1. The summed E-state index contributed by atoms with van der Waals surface area (Å²) in [6.45, 7) is 2.00. The molecule has 1 atom stereocenters. The highest BCUT2D eigenvalue weighted by Crippen LogP contribution is 2.32. The highest BCUT2D eigenvalue weighted by molar-refractivity contribution is 7.99. The van der Waals surface area contributed by atoms with Gasteiger partial charge in [0.1, 0.15) is 0 Å². The lowest BCUT2D eigenvalue weighted by molar-refractivity contribution is -0.0462. The lowest BCUT2D eigenvalue weighted by Crippen LogP contribution is -2.26. The van der Waals surface area contributed by atoms with Crippen molar-refractivity contribution in [3.8, 4) is 0 Å². The average Bonchev–Trinajstić information content (AvgIpc) is 3.47. The predicted octanol–water partition coefficient (Wildman–Crippen LogP) is 4.40. The summed E-state index contributed by atoms with van der Waals surface area (Å²) in [4.78, 5) is 18.9. The Kier molecular flexibility index (Phi) is 4.92. The third kappa shape index (κ3) is 3.59. The Balaban J connectivity index is 1.22. The van der Waals surface area contributed by atoms with Crippen molar-refractivity contribution in [1.82, 2.24) is 30.0 Å². The van der Waals surface area contributed by atoms with E-state index in [1.807, 2.05) is 37.4 Å². The van der Waals surface area contributed by atoms with Gasteiger partial charge in [-0.15, -0.1) is 10.2 Å². The average molecular weight is 456 g/mol. The molecule has 0 radical (unpaired) electrons. The van der Waals surface area contributed by atoms with Crippen LogP contribution in [0.25, 0.3) is 27.3 Å². The van der Waals surface area contributed by atoms with Crippen molar-refractivity contribution in [1.29, 1.82) is 0 Å². The van der Waals surface area contributed by atoms with Gasteiger partial charge in [-0.2, -0.15) is 0 Å². The van der Waals surface area contributed by atoms with Crippen LogP contribution in [0.15, 0.2) is 77.4 Å². The monoisotopic (exact) mass is 455 g/mol. The van der Waals surface area contributed by atoms with Gasteiger partial charge in [0.05, 0.1) is 5.52 Å². The van der Waals surface area contributed by atoms with E-state index in [9.17, 15) is 0 Å². The summed E-state index contributed by atoms with van der Waals surface area (Å²) in [7, 11) is 0. The number of fused-ring (bicyclic) bond motifs is 6. The number of thioether (sulfide) groups is 1. The van der Waals surface area contributed by atoms with Crippen LogP contribution in [-0.4, -0.2) is 41.9 Å². The molecule has 0 aliphatic carbocycles. The van der Waals surface area contributed by atoms with Gasteiger partial charge in [0.2, 0.25) is 0 Å². The summed E-state index contributed by atoms with van der Waals surface area (Å²) in [6.07, 6.45) is 8.90. The van der Waals surface area contributed by atoms with E-state index in [1.165, 1.54) is 0 Å². The minimum atomic E-state index is -0.595. The van der Waals surface area contributed by atoms with Crippen LogP contribution in [-0.2, 0) is 4.84 Å². The zero-order chi connectivity index (χ0) is 22.3. The molecule has 1 aliphatic heterocycles. The van der Waals surface area contributed by atoms with Crippen molar-refractivity contribution in [2.24, 2.45) is 4.99 Å². The molecule has 1 aromatic carbocycles. The summed E-state index contributed by atoms with van der Waals surface area (Å²) in [5, 5.41) is 13.2.